The molecule has 0 saturated carbocycles. The van der Waals surface area contributed by atoms with Crippen molar-refractivity contribution in [3.8, 4) is 0 Å². The van der Waals surface area contributed by atoms with Crippen LogP contribution in [-0.4, -0.2) is 58.1 Å². The second-order valence-corrected chi connectivity index (χ2v) is 5.40. The topological polar surface area (TPSA) is 99.8 Å². The third-order valence-corrected chi connectivity index (χ3v) is 4.21. The van der Waals surface area contributed by atoms with Crippen LogP contribution in [0.1, 0.15) is 23.2 Å². The molecule has 3 rings (SSSR count). The number of carbonyl (C=O) groups is 1. The van der Waals surface area contributed by atoms with Crippen molar-refractivity contribution in [3.05, 3.63) is 27.9 Å². The van der Waals surface area contributed by atoms with Crippen molar-refractivity contribution < 1.29 is 14.8 Å². The van der Waals surface area contributed by atoms with E-state index in [2.05, 4.69) is 9.88 Å². The number of nitro groups is 1. The van der Waals surface area contributed by atoms with E-state index in [4.69, 9.17) is 5.11 Å². The Morgan fingerprint density at radius 3 is 2.95 bits per heavy atom. The van der Waals surface area contributed by atoms with E-state index in [0.717, 1.165) is 38.8 Å². The van der Waals surface area contributed by atoms with Gasteiger partial charge in [0.05, 0.1) is 4.92 Å². The van der Waals surface area contributed by atoms with Crippen molar-refractivity contribution in [3.63, 3.8) is 0 Å². The number of fused-ring (bicyclic) bond motifs is 1. The zero-order chi connectivity index (χ0) is 15.0. The van der Waals surface area contributed by atoms with Gasteiger partial charge >= 0.3 is 11.7 Å². The standard InChI is InChI=1S/C13H16N4O4/c18-13(19)10-6-12(14-7-11(10)17(20)21)16-5-4-15-3-1-2-9(15)8-16/h6-7,9H,1-5,8H2,(H,18,19). The van der Waals surface area contributed by atoms with Gasteiger partial charge in [0.1, 0.15) is 17.6 Å². The molecule has 8 heteroatoms. The summed E-state index contributed by atoms with van der Waals surface area (Å²) in [5.74, 6) is -0.797. The maximum atomic E-state index is 11.2. The number of nitrogens with zero attached hydrogens (tertiary/aromatic N) is 4. The maximum Gasteiger partial charge on any atom is 0.342 e. The second-order valence-electron chi connectivity index (χ2n) is 5.40. The minimum absolute atomic E-state index is 0.307. The molecule has 2 saturated heterocycles. The monoisotopic (exact) mass is 292 g/mol. The van der Waals surface area contributed by atoms with Crippen LogP contribution in [0.3, 0.4) is 0 Å². The number of hydrogen-bond acceptors (Lipinski definition) is 6. The van der Waals surface area contributed by atoms with Gasteiger partial charge in [0.2, 0.25) is 0 Å². The number of aromatic nitrogens is 1. The number of aromatic carboxylic acids is 1. The Hall–Kier alpha value is -2.22. The lowest BCUT2D eigenvalue weighted by Gasteiger charge is -2.38. The van der Waals surface area contributed by atoms with Gasteiger partial charge < -0.3 is 10.0 Å². The first kappa shape index (κ1) is 13.7. The van der Waals surface area contributed by atoms with E-state index < -0.39 is 16.6 Å². The quantitative estimate of drug-likeness (QED) is 0.654. The molecule has 1 unspecified atom stereocenters. The van der Waals surface area contributed by atoms with Crippen molar-refractivity contribution in [2.45, 2.75) is 18.9 Å². The number of pyridine rings is 1. The smallest absolute Gasteiger partial charge is 0.342 e. The molecule has 0 bridgehead atoms. The van der Waals surface area contributed by atoms with Crippen LogP contribution in [0.25, 0.3) is 0 Å². The summed E-state index contributed by atoms with van der Waals surface area (Å²) in [6.45, 7) is 3.60. The molecule has 1 N–H and O–H groups in total. The molecule has 0 aliphatic carbocycles. The lowest BCUT2D eigenvalue weighted by atomic mass is 10.1. The van der Waals surface area contributed by atoms with Crippen LogP contribution in [-0.2, 0) is 0 Å². The fourth-order valence-corrected chi connectivity index (χ4v) is 3.13. The number of carboxylic acid groups (broad SMARTS) is 1. The first-order chi connectivity index (χ1) is 10.1. The Bertz CT molecular complexity index is 592. The minimum Gasteiger partial charge on any atom is -0.477 e. The van der Waals surface area contributed by atoms with E-state index in [-0.39, 0.29) is 5.56 Å². The Morgan fingerprint density at radius 1 is 1.43 bits per heavy atom. The maximum absolute atomic E-state index is 11.2. The number of piperazine rings is 1. The molecule has 21 heavy (non-hydrogen) atoms. The summed E-state index contributed by atoms with van der Waals surface area (Å²) < 4.78 is 0. The molecule has 2 aliphatic rings. The summed E-state index contributed by atoms with van der Waals surface area (Å²) in [4.78, 5) is 29.8. The molecule has 0 amide bonds. The molecule has 2 fully saturated rings. The van der Waals surface area contributed by atoms with E-state index in [1.807, 2.05) is 4.90 Å². The average Bonchev–Trinajstić information content (AvgIpc) is 2.93. The predicted octanol–water partition coefficient (Wildman–Crippen LogP) is 0.972. The summed E-state index contributed by atoms with van der Waals surface area (Å²) in [5, 5.41) is 20.0. The van der Waals surface area contributed by atoms with Gasteiger partial charge in [0.25, 0.3) is 0 Å². The van der Waals surface area contributed by atoms with E-state index >= 15 is 0 Å². The largest absolute Gasteiger partial charge is 0.477 e. The molecule has 1 aromatic heterocycles. The third kappa shape index (κ3) is 2.54. The van der Waals surface area contributed by atoms with Gasteiger partial charge in [-0.15, -0.1) is 0 Å². The molecular weight excluding hydrogens is 276 g/mol. The van der Waals surface area contributed by atoms with Gasteiger partial charge in [-0.05, 0) is 19.4 Å². The molecule has 0 radical (unpaired) electrons. The van der Waals surface area contributed by atoms with Crippen molar-refractivity contribution in [1.82, 2.24) is 9.88 Å². The van der Waals surface area contributed by atoms with Gasteiger partial charge in [-0.2, -0.15) is 0 Å². The third-order valence-electron chi connectivity index (χ3n) is 4.21. The minimum atomic E-state index is -1.30. The molecular formula is C13H16N4O4. The average molecular weight is 292 g/mol. The van der Waals surface area contributed by atoms with Crippen molar-refractivity contribution >= 4 is 17.5 Å². The zero-order valence-corrected chi connectivity index (χ0v) is 11.4. The highest BCUT2D eigenvalue weighted by Crippen LogP contribution is 2.27. The number of anilines is 1. The molecule has 8 nitrogen and oxygen atoms in total. The van der Waals surface area contributed by atoms with E-state index in [0.29, 0.717) is 11.9 Å². The Balaban J connectivity index is 1.87. The second kappa shape index (κ2) is 5.28. The summed E-state index contributed by atoms with van der Waals surface area (Å²) in [6, 6.07) is 1.79. The zero-order valence-electron chi connectivity index (χ0n) is 11.4. The molecule has 1 aromatic rings. The molecule has 0 aromatic carbocycles. The van der Waals surface area contributed by atoms with Crippen LogP contribution in [0.4, 0.5) is 11.5 Å². The van der Waals surface area contributed by atoms with Gasteiger partial charge in [0, 0.05) is 31.7 Å². The van der Waals surface area contributed by atoms with Gasteiger partial charge in [-0.25, -0.2) is 9.78 Å². The van der Waals surface area contributed by atoms with E-state index in [9.17, 15) is 14.9 Å². The SMILES string of the molecule is O=C(O)c1cc(N2CCN3CCCC3C2)ncc1[N+](=O)[O-]. The number of carboxylic acids is 1. The van der Waals surface area contributed by atoms with Crippen molar-refractivity contribution in [2.75, 3.05) is 31.1 Å². The van der Waals surface area contributed by atoms with E-state index in [1.165, 1.54) is 12.5 Å². The van der Waals surface area contributed by atoms with Gasteiger partial charge in [-0.3, -0.25) is 15.0 Å². The summed E-state index contributed by atoms with van der Waals surface area (Å²) in [7, 11) is 0. The Labute approximate surface area is 121 Å². The predicted molar refractivity (Wildman–Crippen MR) is 74.7 cm³/mol. The normalized spacial score (nSPS) is 22.1. The Morgan fingerprint density at radius 2 is 2.24 bits per heavy atom. The summed E-state index contributed by atoms with van der Waals surface area (Å²) in [5.41, 5.74) is -0.774. The first-order valence-electron chi connectivity index (χ1n) is 6.93. The summed E-state index contributed by atoms with van der Waals surface area (Å²) in [6.07, 6.45) is 3.36. The molecule has 2 aliphatic heterocycles. The highest BCUT2D eigenvalue weighted by atomic mass is 16.6. The highest BCUT2D eigenvalue weighted by molar-refractivity contribution is 5.93. The number of hydrogen-bond donors (Lipinski definition) is 1. The lowest BCUT2D eigenvalue weighted by Crippen LogP contribution is -2.50. The van der Waals surface area contributed by atoms with Crippen LogP contribution >= 0.6 is 0 Å². The van der Waals surface area contributed by atoms with Crippen molar-refractivity contribution in [1.29, 1.82) is 0 Å². The van der Waals surface area contributed by atoms with Gasteiger partial charge in [0.15, 0.2) is 0 Å². The number of rotatable bonds is 3. The highest BCUT2D eigenvalue weighted by Gasteiger charge is 2.32. The van der Waals surface area contributed by atoms with Crippen LogP contribution in [0, 0.1) is 10.1 Å². The fraction of sp³-hybridized carbons (Fsp3) is 0.538. The van der Waals surface area contributed by atoms with Crippen LogP contribution < -0.4 is 4.90 Å². The summed E-state index contributed by atoms with van der Waals surface area (Å²) >= 11 is 0. The van der Waals surface area contributed by atoms with Crippen LogP contribution in [0.15, 0.2) is 12.3 Å². The first-order valence-corrected chi connectivity index (χ1v) is 6.93. The van der Waals surface area contributed by atoms with E-state index in [1.54, 1.807) is 0 Å². The van der Waals surface area contributed by atoms with Crippen molar-refractivity contribution in [2.24, 2.45) is 0 Å². The molecule has 3 heterocycles. The van der Waals surface area contributed by atoms with Crippen LogP contribution in [0.5, 0.6) is 0 Å². The van der Waals surface area contributed by atoms with Gasteiger partial charge in [-0.1, -0.05) is 0 Å². The molecule has 1 atom stereocenters. The van der Waals surface area contributed by atoms with Crippen LogP contribution in [0.2, 0.25) is 0 Å². The fourth-order valence-electron chi connectivity index (χ4n) is 3.13. The molecule has 0 spiro atoms. The Kier molecular flexibility index (Phi) is 3.46. The molecule has 112 valence electrons. The lowest BCUT2D eigenvalue weighted by molar-refractivity contribution is -0.385.